The lowest BCUT2D eigenvalue weighted by Crippen LogP contribution is -2.36. The van der Waals surface area contributed by atoms with Gasteiger partial charge in [-0.3, -0.25) is 4.79 Å². The van der Waals surface area contributed by atoms with Crippen LogP contribution in [0, 0.1) is 0 Å². The van der Waals surface area contributed by atoms with Gasteiger partial charge in [-0.2, -0.15) is 5.10 Å². The van der Waals surface area contributed by atoms with Crippen LogP contribution in [-0.4, -0.2) is 33.6 Å². The van der Waals surface area contributed by atoms with Crippen molar-refractivity contribution in [1.82, 2.24) is 5.01 Å². The number of halogens is 2. The van der Waals surface area contributed by atoms with Crippen molar-refractivity contribution in [2.75, 3.05) is 11.1 Å². The predicted octanol–water partition coefficient (Wildman–Crippen LogP) is 7.66. The molecule has 0 aliphatic carbocycles. The number of para-hydroxylation sites is 1. The van der Waals surface area contributed by atoms with Crippen molar-refractivity contribution in [3.63, 3.8) is 0 Å². The third-order valence-electron chi connectivity index (χ3n) is 4.53. The van der Waals surface area contributed by atoms with E-state index in [4.69, 9.17) is 10.8 Å². The van der Waals surface area contributed by atoms with Gasteiger partial charge in [0, 0.05) is 10.2 Å². The van der Waals surface area contributed by atoms with Gasteiger partial charge in [0.1, 0.15) is 5.76 Å². The lowest BCUT2D eigenvalue weighted by molar-refractivity contribution is 0.0701. The second kappa shape index (κ2) is 17.8. The first kappa shape index (κ1) is 31.4. The van der Waals surface area contributed by atoms with Crippen molar-refractivity contribution in [2.24, 2.45) is 5.10 Å². The first-order chi connectivity index (χ1) is 16.2. The number of hydrogen-bond donors (Lipinski definition) is 2. The molecule has 0 aliphatic heterocycles. The van der Waals surface area contributed by atoms with Gasteiger partial charge in [-0.25, -0.2) is 5.01 Å². The lowest BCUT2D eigenvalue weighted by atomic mass is 10.1. The molecule has 0 bridgehead atoms. The van der Waals surface area contributed by atoms with Crippen molar-refractivity contribution < 1.29 is 9.90 Å². The fourth-order valence-corrected chi connectivity index (χ4v) is 3.49. The van der Waals surface area contributed by atoms with E-state index in [1.54, 1.807) is 31.3 Å². The maximum absolute atomic E-state index is 13.0. The fraction of sp³-hybridized carbons (Fsp3) is 0.259. The van der Waals surface area contributed by atoms with Crippen LogP contribution in [0.3, 0.4) is 0 Å². The number of allylic oxidation sites excluding steroid dienone is 3. The number of alkyl halides is 1. The molecule has 0 fully saturated rings. The van der Waals surface area contributed by atoms with Crippen LogP contribution in [0.1, 0.15) is 43.1 Å². The minimum atomic E-state index is -0.207. The van der Waals surface area contributed by atoms with Gasteiger partial charge in [0.25, 0.3) is 5.91 Å². The number of aliphatic hydroxyl groups is 1. The normalized spacial score (nSPS) is 11.8. The number of hydrazone groups is 1. The second-order valence-corrected chi connectivity index (χ2v) is 8.90. The van der Waals surface area contributed by atoms with E-state index in [-0.39, 0.29) is 11.9 Å². The maximum atomic E-state index is 13.0. The average Bonchev–Trinajstić information content (AvgIpc) is 2.85. The SMILES string of the molecule is C/C(Br)=C(/O)CBr.C=C.C=C(/C=N/N(C(=O)c1ccccc1N)C(C)Cc1ccccc1)CC. The van der Waals surface area contributed by atoms with E-state index < -0.39 is 0 Å². The summed E-state index contributed by atoms with van der Waals surface area (Å²) >= 11 is 6.18. The highest BCUT2D eigenvalue weighted by atomic mass is 79.9. The van der Waals surface area contributed by atoms with Crippen LogP contribution in [0.5, 0.6) is 0 Å². The minimum Gasteiger partial charge on any atom is -0.511 e. The van der Waals surface area contributed by atoms with Crippen molar-refractivity contribution >= 4 is 49.7 Å². The van der Waals surface area contributed by atoms with Crippen molar-refractivity contribution in [1.29, 1.82) is 0 Å². The molecule has 1 amide bonds. The quantitative estimate of drug-likeness (QED) is 0.0824. The molecule has 1 atom stereocenters. The van der Waals surface area contributed by atoms with E-state index in [1.807, 2.05) is 50.2 Å². The van der Waals surface area contributed by atoms with Crippen molar-refractivity contribution in [2.45, 2.75) is 39.7 Å². The molecule has 2 aromatic carbocycles. The molecule has 184 valence electrons. The molecule has 5 nitrogen and oxygen atoms in total. The number of benzene rings is 2. The Hall–Kier alpha value is -2.64. The highest BCUT2D eigenvalue weighted by molar-refractivity contribution is 9.11. The zero-order chi connectivity index (χ0) is 26.1. The Morgan fingerprint density at radius 2 is 1.74 bits per heavy atom. The number of rotatable bonds is 8. The minimum absolute atomic E-state index is 0.115. The Morgan fingerprint density at radius 3 is 2.21 bits per heavy atom. The Bertz CT molecular complexity index is 955. The highest BCUT2D eigenvalue weighted by Crippen LogP contribution is 2.18. The van der Waals surface area contributed by atoms with Crippen LogP contribution >= 0.6 is 31.9 Å². The molecule has 3 N–H and O–H groups in total. The van der Waals surface area contributed by atoms with E-state index in [2.05, 4.69) is 56.7 Å². The van der Waals surface area contributed by atoms with Crippen LogP contribution in [0.2, 0.25) is 0 Å². The maximum Gasteiger partial charge on any atom is 0.276 e. The molecule has 2 rings (SSSR count). The van der Waals surface area contributed by atoms with E-state index in [0.29, 0.717) is 28.8 Å². The molecule has 34 heavy (non-hydrogen) atoms. The van der Waals surface area contributed by atoms with E-state index >= 15 is 0 Å². The van der Waals surface area contributed by atoms with Gasteiger partial charge in [-0.15, -0.1) is 13.2 Å². The summed E-state index contributed by atoms with van der Waals surface area (Å²) in [4.78, 5) is 13.0. The van der Waals surface area contributed by atoms with E-state index in [0.717, 1.165) is 22.0 Å². The van der Waals surface area contributed by atoms with Crippen LogP contribution in [-0.2, 0) is 6.42 Å². The van der Waals surface area contributed by atoms with Crippen LogP contribution in [0.25, 0.3) is 0 Å². The van der Waals surface area contributed by atoms with Crippen LogP contribution < -0.4 is 5.73 Å². The largest absolute Gasteiger partial charge is 0.511 e. The number of carbonyl (C=O) groups is 1. The van der Waals surface area contributed by atoms with Gasteiger partial charge in [0.15, 0.2) is 0 Å². The predicted molar refractivity (Wildman–Crippen MR) is 154 cm³/mol. The molecule has 1 unspecified atom stereocenters. The van der Waals surface area contributed by atoms with Gasteiger partial charge in [-0.05, 0) is 50.0 Å². The van der Waals surface area contributed by atoms with Gasteiger partial charge in [-0.1, -0.05) is 87.8 Å². The van der Waals surface area contributed by atoms with Gasteiger partial charge in [0.05, 0.1) is 23.1 Å². The fourth-order valence-electron chi connectivity index (χ4n) is 2.55. The van der Waals surface area contributed by atoms with Crippen molar-refractivity contribution in [3.05, 3.63) is 101 Å². The highest BCUT2D eigenvalue weighted by Gasteiger charge is 2.23. The molecule has 0 aromatic heterocycles. The van der Waals surface area contributed by atoms with Crippen LogP contribution in [0.4, 0.5) is 5.69 Å². The average molecular weight is 593 g/mol. The third kappa shape index (κ3) is 11.5. The summed E-state index contributed by atoms with van der Waals surface area (Å²) in [5, 5.41) is 15.2. The Balaban J connectivity index is 0.00000104. The smallest absolute Gasteiger partial charge is 0.276 e. The summed E-state index contributed by atoms with van der Waals surface area (Å²) in [6, 6.07) is 17.0. The monoisotopic (exact) mass is 591 g/mol. The zero-order valence-corrected chi connectivity index (χ0v) is 23.3. The molecule has 0 spiro atoms. The first-order valence-corrected chi connectivity index (χ1v) is 12.7. The molecular formula is C27H35Br2N3O2. The number of hydrogen-bond acceptors (Lipinski definition) is 4. The summed E-state index contributed by atoms with van der Waals surface area (Å²) in [6.07, 6.45) is 3.14. The molecule has 7 heteroatoms. The summed E-state index contributed by atoms with van der Waals surface area (Å²) in [5.41, 5.74) is 8.91. The van der Waals surface area contributed by atoms with E-state index in [9.17, 15) is 4.79 Å². The molecule has 0 saturated heterocycles. The number of aliphatic hydroxyl groups excluding tert-OH is 1. The topological polar surface area (TPSA) is 78.9 Å². The number of nitrogens with zero attached hydrogens (tertiary/aromatic N) is 2. The summed E-state index contributed by atoms with van der Waals surface area (Å²) in [7, 11) is 0. The number of anilines is 1. The number of nitrogen functional groups attached to an aromatic ring is 1. The van der Waals surface area contributed by atoms with Gasteiger partial charge < -0.3 is 10.8 Å². The lowest BCUT2D eigenvalue weighted by Gasteiger charge is -2.25. The molecule has 0 aliphatic rings. The van der Waals surface area contributed by atoms with Crippen molar-refractivity contribution in [3.8, 4) is 0 Å². The standard InChI is InChI=1S/C21H25N3O.C4H6Br2O.C2H4/c1-4-16(2)15-23-24(17(3)14-18-10-6-5-7-11-18)21(25)19-12-8-9-13-20(19)22;1-3(6)4(7)2-5;1-2/h5-13,15,17H,2,4,14,22H2,1,3H3;7H,2H2,1H3;1-2H2/b23-15+;4-3-;. The summed E-state index contributed by atoms with van der Waals surface area (Å²) in [5.74, 6) is 0.140. The Kier molecular flexibility index (Phi) is 16.4. The van der Waals surface area contributed by atoms with Gasteiger partial charge in [0.2, 0.25) is 0 Å². The number of carbonyl (C=O) groups excluding carboxylic acids is 1. The molecule has 2 aromatic rings. The summed E-state index contributed by atoms with van der Waals surface area (Å²) in [6.45, 7) is 15.7. The second-order valence-electron chi connectivity index (χ2n) is 7.15. The summed E-state index contributed by atoms with van der Waals surface area (Å²) < 4.78 is 0.782. The molecule has 0 saturated carbocycles. The third-order valence-corrected chi connectivity index (χ3v) is 5.52. The Morgan fingerprint density at radius 1 is 1.18 bits per heavy atom. The van der Waals surface area contributed by atoms with Crippen LogP contribution in [0.15, 0.2) is 95.3 Å². The number of nitrogens with two attached hydrogens (primary N) is 1. The zero-order valence-electron chi connectivity index (χ0n) is 20.2. The van der Waals surface area contributed by atoms with E-state index in [1.165, 1.54) is 5.01 Å². The molecule has 0 heterocycles. The molecular weight excluding hydrogens is 558 g/mol. The first-order valence-electron chi connectivity index (χ1n) is 10.7. The molecule has 0 radical (unpaired) electrons. The van der Waals surface area contributed by atoms with Gasteiger partial charge >= 0.3 is 0 Å². The Labute approximate surface area is 221 Å². The number of amides is 1.